The van der Waals surface area contributed by atoms with Gasteiger partial charge in [0, 0.05) is 35.9 Å². The van der Waals surface area contributed by atoms with E-state index in [1.807, 2.05) is 42.9 Å². The maximum atomic E-state index is 10.6. The van der Waals surface area contributed by atoms with E-state index in [1.54, 1.807) is 13.3 Å². The molecule has 21 heavy (non-hydrogen) atoms. The highest BCUT2D eigenvalue weighted by Gasteiger charge is 2.17. The molecule has 3 aromatic rings. The summed E-state index contributed by atoms with van der Waals surface area (Å²) in [5, 5.41) is 12.3. The smallest absolute Gasteiger partial charge is 0.162 e. The Labute approximate surface area is 122 Å². The zero-order chi connectivity index (χ0) is 15.0. The van der Waals surface area contributed by atoms with E-state index in [0.717, 1.165) is 22.9 Å². The van der Waals surface area contributed by atoms with E-state index in [-0.39, 0.29) is 5.75 Å². The van der Waals surface area contributed by atoms with Gasteiger partial charge < -0.3 is 14.4 Å². The summed E-state index contributed by atoms with van der Waals surface area (Å²) < 4.78 is 7.09. The molecule has 0 aliphatic carbocycles. The zero-order valence-corrected chi connectivity index (χ0v) is 12.3. The Kier molecular flexibility index (Phi) is 3.25. The van der Waals surface area contributed by atoms with E-state index >= 15 is 0 Å². The van der Waals surface area contributed by atoms with Gasteiger partial charge in [-0.2, -0.15) is 0 Å². The van der Waals surface area contributed by atoms with Crippen LogP contribution >= 0.6 is 0 Å². The largest absolute Gasteiger partial charge is 0.505 e. The van der Waals surface area contributed by atoms with Crippen molar-refractivity contribution in [2.45, 2.75) is 13.3 Å². The summed E-state index contributed by atoms with van der Waals surface area (Å²) in [5.74, 6) is 1.49. The molecule has 0 saturated carbocycles. The van der Waals surface area contributed by atoms with Gasteiger partial charge in [0.1, 0.15) is 11.4 Å². The number of aromatic hydroxyl groups is 1. The lowest BCUT2D eigenvalue weighted by atomic mass is 10.0. The van der Waals surface area contributed by atoms with Crippen LogP contribution in [-0.2, 0) is 13.5 Å². The van der Waals surface area contributed by atoms with Gasteiger partial charge in [-0.05, 0) is 24.6 Å². The van der Waals surface area contributed by atoms with Crippen molar-refractivity contribution in [1.82, 2.24) is 14.5 Å². The van der Waals surface area contributed by atoms with Crippen LogP contribution in [0.2, 0.25) is 0 Å². The van der Waals surface area contributed by atoms with Crippen molar-refractivity contribution < 1.29 is 9.84 Å². The first-order valence-corrected chi connectivity index (χ1v) is 6.83. The first-order valence-electron chi connectivity index (χ1n) is 6.83. The van der Waals surface area contributed by atoms with Crippen molar-refractivity contribution in [2.24, 2.45) is 7.05 Å². The van der Waals surface area contributed by atoms with Gasteiger partial charge in [0.05, 0.1) is 7.11 Å². The Balaban J connectivity index is 2.36. The lowest BCUT2D eigenvalue weighted by molar-refractivity contribution is 0.415. The van der Waals surface area contributed by atoms with Gasteiger partial charge in [0.2, 0.25) is 0 Å². The van der Waals surface area contributed by atoms with Crippen LogP contribution in [0.4, 0.5) is 0 Å². The predicted octanol–water partition coefficient (Wildman–Crippen LogP) is 2.91. The van der Waals surface area contributed by atoms with Crippen LogP contribution in [0.25, 0.3) is 22.3 Å². The molecule has 108 valence electrons. The highest BCUT2D eigenvalue weighted by atomic mass is 16.5. The SMILES string of the molecule is CCc1nc(-c2nccn2C)c(O)c2cc(OC)ccc12. The maximum absolute atomic E-state index is 10.6. The molecule has 2 aromatic heterocycles. The monoisotopic (exact) mass is 283 g/mol. The summed E-state index contributed by atoms with van der Waals surface area (Å²) in [7, 11) is 3.49. The first kappa shape index (κ1) is 13.4. The van der Waals surface area contributed by atoms with Crippen LogP contribution in [0, 0.1) is 0 Å². The van der Waals surface area contributed by atoms with Crippen molar-refractivity contribution in [2.75, 3.05) is 7.11 Å². The number of hydrogen-bond acceptors (Lipinski definition) is 4. The molecule has 2 heterocycles. The second-order valence-electron chi connectivity index (χ2n) is 4.88. The number of methoxy groups -OCH3 is 1. The summed E-state index contributed by atoms with van der Waals surface area (Å²) >= 11 is 0. The average molecular weight is 283 g/mol. The van der Waals surface area contributed by atoms with E-state index in [4.69, 9.17) is 4.74 Å². The molecule has 5 heteroatoms. The van der Waals surface area contributed by atoms with E-state index in [0.29, 0.717) is 17.3 Å². The Hall–Kier alpha value is -2.56. The molecule has 0 fully saturated rings. The molecular weight excluding hydrogens is 266 g/mol. The summed E-state index contributed by atoms with van der Waals surface area (Å²) in [6.07, 6.45) is 4.30. The molecule has 3 rings (SSSR count). The zero-order valence-electron chi connectivity index (χ0n) is 12.3. The maximum Gasteiger partial charge on any atom is 0.162 e. The van der Waals surface area contributed by atoms with Gasteiger partial charge >= 0.3 is 0 Å². The van der Waals surface area contributed by atoms with Crippen LogP contribution in [0.3, 0.4) is 0 Å². The molecular formula is C16H17N3O2. The lowest BCUT2D eigenvalue weighted by Gasteiger charge is -2.12. The van der Waals surface area contributed by atoms with Crippen molar-refractivity contribution in [3.63, 3.8) is 0 Å². The first-order chi connectivity index (χ1) is 10.2. The molecule has 0 spiro atoms. The second kappa shape index (κ2) is 5.09. The highest BCUT2D eigenvalue weighted by molar-refractivity contribution is 5.95. The molecule has 0 aliphatic rings. The van der Waals surface area contributed by atoms with Crippen molar-refractivity contribution >= 4 is 10.8 Å². The van der Waals surface area contributed by atoms with Crippen LogP contribution in [0.5, 0.6) is 11.5 Å². The molecule has 0 unspecified atom stereocenters. The Morgan fingerprint density at radius 1 is 1.29 bits per heavy atom. The lowest BCUT2D eigenvalue weighted by Crippen LogP contribution is -1.99. The van der Waals surface area contributed by atoms with Crippen molar-refractivity contribution in [3.05, 3.63) is 36.3 Å². The minimum atomic E-state index is 0.135. The van der Waals surface area contributed by atoms with E-state index in [9.17, 15) is 5.11 Å². The fourth-order valence-electron chi connectivity index (χ4n) is 2.49. The highest BCUT2D eigenvalue weighted by Crippen LogP contribution is 2.36. The minimum absolute atomic E-state index is 0.135. The molecule has 1 aromatic carbocycles. The summed E-state index contributed by atoms with van der Waals surface area (Å²) in [5.41, 5.74) is 1.43. The van der Waals surface area contributed by atoms with Crippen LogP contribution in [0.15, 0.2) is 30.6 Å². The number of aromatic nitrogens is 3. The number of hydrogen-bond donors (Lipinski definition) is 1. The van der Waals surface area contributed by atoms with Gasteiger partial charge in [-0.15, -0.1) is 0 Å². The number of aryl methyl sites for hydroxylation is 2. The molecule has 0 amide bonds. The molecule has 0 bridgehead atoms. The van der Waals surface area contributed by atoms with E-state index in [2.05, 4.69) is 9.97 Å². The molecule has 1 N–H and O–H groups in total. The van der Waals surface area contributed by atoms with Gasteiger partial charge in [-0.25, -0.2) is 9.97 Å². The number of ether oxygens (including phenoxy) is 1. The number of benzene rings is 1. The topological polar surface area (TPSA) is 60.2 Å². The van der Waals surface area contributed by atoms with Gasteiger partial charge in [0.15, 0.2) is 11.6 Å². The number of rotatable bonds is 3. The Morgan fingerprint density at radius 3 is 2.71 bits per heavy atom. The third-order valence-electron chi connectivity index (χ3n) is 3.63. The van der Waals surface area contributed by atoms with Crippen molar-refractivity contribution in [3.8, 4) is 23.0 Å². The number of fused-ring (bicyclic) bond motifs is 1. The fraction of sp³-hybridized carbons (Fsp3) is 0.250. The van der Waals surface area contributed by atoms with Gasteiger partial charge in [-0.3, -0.25) is 0 Å². The fourth-order valence-corrected chi connectivity index (χ4v) is 2.49. The van der Waals surface area contributed by atoms with E-state index in [1.165, 1.54) is 0 Å². The van der Waals surface area contributed by atoms with Crippen LogP contribution < -0.4 is 4.74 Å². The third kappa shape index (κ3) is 2.11. The summed E-state index contributed by atoms with van der Waals surface area (Å²) in [6.45, 7) is 2.05. The molecule has 0 atom stereocenters. The molecule has 5 nitrogen and oxygen atoms in total. The van der Waals surface area contributed by atoms with E-state index < -0.39 is 0 Å². The van der Waals surface area contributed by atoms with Crippen LogP contribution in [0.1, 0.15) is 12.6 Å². The predicted molar refractivity (Wildman–Crippen MR) is 81.5 cm³/mol. The van der Waals surface area contributed by atoms with Crippen LogP contribution in [-0.4, -0.2) is 26.8 Å². The number of nitrogens with zero attached hydrogens (tertiary/aromatic N) is 3. The Bertz CT molecular complexity index is 809. The molecule has 0 saturated heterocycles. The standard InChI is InChI=1S/C16H17N3O2/c1-4-13-11-6-5-10(21-3)9-12(11)15(20)14(18-13)16-17-7-8-19(16)2/h5-9,20H,4H2,1-3H3. The van der Waals surface area contributed by atoms with Gasteiger partial charge in [-0.1, -0.05) is 6.92 Å². The number of pyridine rings is 1. The summed E-state index contributed by atoms with van der Waals surface area (Å²) in [4.78, 5) is 8.88. The minimum Gasteiger partial charge on any atom is -0.505 e. The summed E-state index contributed by atoms with van der Waals surface area (Å²) in [6, 6.07) is 5.64. The van der Waals surface area contributed by atoms with Crippen molar-refractivity contribution in [1.29, 1.82) is 0 Å². The normalized spacial score (nSPS) is 11.0. The van der Waals surface area contributed by atoms with Gasteiger partial charge in [0.25, 0.3) is 0 Å². The Morgan fingerprint density at radius 2 is 2.10 bits per heavy atom. The average Bonchev–Trinajstić information content (AvgIpc) is 2.93. The number of imidazole rings is 1. The second-order valence-corrected chi connectivity index (χ2v) is 4.88. The quantitative estimate of drug-likeness (QED) is 0.803. The third-order valence-corrected chi connectivity index (χ3v) is 3.63. The molecule has 0 aliphatic heterocycles. The molecule has 0 radical (unpaired) electrons.